The molecule has 0 saturated heterocycles. The van der Waals surface area contributed by atoms with E-state index in [1.807, 2.05) is 18.4 Å². The quantitative estimate of drug-likeness (QED) is 0.487. The Morgan fingerprint density at radius 1 is 1.37 bits per heavy atom. The van der Waals surface area contributed by atoms with Crippen LogP contribution in [0, 0.1) is 0 Å². The smallest absolute Gasteiger partial charge is 0.283 e. The summed E-state index contributed by atoms with van der Waals surface area (Å²) in [5, 5.41) is 0. The van der Waals surface area contributed by atoms with Crippen LogP contribution in [0.3, 0.4) is 0 Å². The number of carbonyl (C=O) groups is 1. The Hall–Kier alpha value is -2.47. The summed E-state index contributed by atoms with van der Waals surface area (Å²) in [6.45, 7) is 2.46. The van der Waals surface area contributed by atoms with E-state index in [4.69, 9.17) is 10.6 Å². The zero-order valence-corrected chi connectivity index (χ0v) is 10.5. The molecule has 0 aromatic carbocycles. The lowest BCUT2D eigenvalue weighted by Gasteiger charge is -2.05. The van der Waals surface area contributed by atoms with Gasteiger partial charge in [-0.3, -0.25) is 10.2 Å². The van der Waals surface area contributed by atoms with Crippen LogP contribution in [0.25, 0.3) is 11.3 Å². The fourth-order valence-electron chi connectivity index (χ4n) is 1.56. The van der Waals surface area contributed by atoms with E-state index in [9.17, 15) is 4.79 Å². The molecule has 19 heavy (non-hydrogen) atoms. The van der Waals surface area contributed by atoms with Gasteiger partial charge in [-0.15, -0.1) is 0 Å². The van der Waals surface area contributed by atoms with Crippen molar-refractivity contribution in [2.75, 3.05) is 6.61 Å². The third-order valence-electron chi connectivity index (χ3n) is 2.44. The van der Waals surface area contributed by atoms with Crippen molar-refractivity contribution in [3.63, 3.8) is 0 Å². The van der Waals surface area contributed by atoms with Crippen molar-refractivity contribution >= 4 is 5.91 Å². The highest BCUT2D eigenvalue weighted by Gasteiger charge is 2.07. The first kappa shape index (κ1) is 13.0. The number of carbonyl (C=O) groups excluding carboxylic acids is 1. The number of aromatic nitrogens is 2. The molecule has 2 heterocycles. The molecular formula is C13H14N4O2. The number of amides is 1. The molecule has 98 valence electrons. The summed E-state index contributed by atoms with van der Waals surface area (Å²) < 4.78 is 5.26. The van der Waals surface area contributed by atoms with Gasteiger partial charge in [0.15, 0.2) is 0 Å². The maximum Gasteiger partial charge on any atom is 0.283 e. The Morgan fingerprint density at radius 2 is 2.21 bits per heavy atom. The van der Waals surface area contributed by atoms with Crippen LogP contribution in [0.15, 0.2) is 36.5 Å². The van der Waals surface area contributed by atoms with Gasteiger partial charge in [-0.05, 0) is 25.1 Å². The van der Waals surface area contributed by atoms with Crippen LogP contribution in [0.1, 0.15) is 17.4 Å². The fraction of sp³-hybridized carbons (Fsp3) is 0.154. The number of ether oxygens (including phenoxy) is 1. The number of nitrogens with one attached hydrogen (secondary N) is 1. The van der Waals surface area contributed by atoms with E-state index < -0.39 is 5.91 Å². The van der Waals surface area contributed by atoms with Crippen molar-refractivity contribution in [3.8, 4) is 17.1 Å². The average Bonchev–Trinajstić information content (AvgIpc) is 2.48. The molecule has 0 atom stereocenters. The minimum absolute atomic E-state index is 0.258. The van der Waals surface area contributed by atoms with E-state index in [2.05, 4.69) is 9.97 Å². The molecule has 2 aromatic rings. The molecule has 6 nitrogen and oxygen atoms in total. The van der Waals surface area contributed by atoms with Gasteiger partial charge in [-0.1, -0.05) is 6.07 Å². The predicted octanol–water partition coefficient (Wildman–Crippen LogP) is 1.15. The molecule has 0 fully saturated rings. The molecule has 0 bridgehead atoms. The van der Waals surface area contributed by atoms with E-state index in [1.54, 1.807) is 30.5 Å². The molecule has 0 radical (unpaired) electrons. The number of hydrazine groups is 1. The molecule has 3 N–H and O–H groups in total. The van der Waals surface area contributed by atoms with Gasteiger partial charge in [0, 0.05) is 17.8 Å². The Labute approximate surface area is 110 Å². The SMILES string of the molecule is CCOc1ccc(-c2cccc(C(=O)NN)n2)cn1. The van der Waals surface area contributed by atoms with Crippen molar-refractivity contribution in [2.24, 2.45) is 5.84 Å². The third kappa shape index (κ3) is 3.05. The molecular weight excluding hydrogens is 244 g/mol. The average molecular weight is 258 g/mol. The minimum atomic E-state index is -0.430. The highest BCUT2D eigenvalue weighted by atomic mass is 16.5. The van der Waals surface area contributed by atoms with E-state index >= 15 is 0 Å². The number of nitrogens with zero attached hydrogens (tertiary/aromatic N) is 2. The van der Waals surface area contributed by atoms with Gasteiger partial charge in [-0.2, -0.15) is 0 Å². The summed E-state index contributed by atoms with van der Waals surface area (Å²) >= 11 is 0. The number of nitrogens with two attached hydrogens (primary N) is 1. The highest BCUT2D eigenvalue weighted by molar-refractivity contribution is 5.92. The molecule has 0 aliphatic rings. The van der Waals surface area contributed by atoms with E-state index in [-0.39, 0.29) is 5.69 Å². The Kier molecular flexibility index (Phi) is 4.04. The van der Waals surface area contributed by atoms with Crippen molar-refractivity contribution in [3.05, 3.63) is 42.2 Å². The van der Waals surface area contributed by atoms with Crippen molar-refractivity contribution in [2.45, 2.75) is 6.92 Å². The molecule has 1 amide bonds. The van der Waals surface area contributed by atoms with Gasteiger partial charge in [-0.25, -0.2) is 15.8 Å². The number of pyridine rings is 2. The zero-order valence-electron chi connectivity index (χ0n) is 10.5. The lowest BCUT2D eigenvalue weighted by atomic mass is 10.2. The van der Waals surface area contributed by atoms with E-state index in [0.29, 0.717) is 18.2 Å². The summed E-state index contributed by atoms with van der Waals surface area (Å²) in [4.78, 5) is 19.8. The second-order valence-corrected chi connectivity index (χ2v) is 3.70. The van der Waals surface area contributed by atoms with Crippen LogP contribution in [0.2, 0.25) is 0 Å². The maximum atomic E-state index is 11.4. The van der Waals surface area contributed by atoms with Crippen LogP contribution in [0.4, 0.5) is 0 Å². The van der Waals surface area contributed by atoms with E-state index in [1.165, 1.54) is 0 Å². The molecule has 0 saturated carbocycles. The monoisotopic (exact) mass is 258 g/mol. The molecule has 0 unspecified atom stereocenters. The number of nitrogen functional groups attached to an aromatic ring is 1. The normalized spacial score (nSPS) is 10.0. The second kappa shape index (κ2) is 5.92. The van der Waals surface area contributed by atoms with Gasteiger partial charge >= 0.3 is 0 Å². The van der Waals surface area contributed by atoms with Crippen LogP contribution in [0.5, 0.6) is 5.88 Å². The van der Waals surface area contributed by atoms with E-state index in [0.717, 1.165) is 5.56 Å². The first-order valence-electron chi connectivity index (χ1n) is 5.82. The summed E-state index contributed by atoms with van der Waals surface area (Å²) in [7, 11) is 0. The largest absolute Gasteiger partial charge is 0.478 e. The Balaban J connectivity index is 2.28. The number of hydrogen-bond acceptors (Lipinski definition) is 5. The van der Waals surface area contributed by atoms with Crippen molar-refractivity contribution < 1.29 is 9.53 Å². The molecule has 6 heteroatoms. The van der Waals surface area contributed by atoms with Crippen LogP contribution < -0.4 is 16.0 Å². The molecule has 0 aliphatic carbocycles. The number of hydrogen-bond donors (Lipinski definition) is 2. The van der Waals surface area contributed by atoms with Gasteiger partial charge in [0.25, 0.3) is 5.91 Å². The van der Waals surface area contributed by atoms with Crippen LogP contribution >= 0.6 is 0 Å². The maximum absolute atomic E-state index is 11.4. The Bertz CT molecular complexity index is 569. The van der Waals surface area contributed by atoms with Crippen LogP contribution in [-0.4, -0.2) is 22.5 Å². The van der Waals surface area contributed by atoms with Gasteiger partial charge in [0.05, 0.1) is 12.3 Å². The second-order valence-electron chi connectivity index (χ2n) is 3.70. The Morgan fingerprint density at radius 3 is 2.84 bits per heavy atom. The molecule has 0 aliphatic heterocycles. The zero-order chi connectivity index (χ0) is 13.7. The molecule has 2 rings (SSSR count). The number of rotatable bonds is 4. The van der Waals surface area contributed by atoms with Crippen LogP contribution in [-0.2, 0) is 0 Å². The lowest BCUT2D eigenvalue weighted by Crippen LogP contribution is -2.30. The first-order chi connectivity index (χ1) is 9.24. The summed E-state index contributed by atoms with van der Waals surface area (Å²) in [5.74, 6) is 5.21. The summed E-state index contributed by atoms with van der Waals surface area (Å²) in [6, 6.07) is 8.72. The molecule has 0 spiro atoms. The van der Waals surface area contributed by atoms with Gasteiger partial charge in [0.1, 0.15) is 5.69 Å². The van der Waals surface area contributed by atoms with Gasteiger partial charge in [0.2, 0.25) is 5.88 Å². The third-order valence-corrected chi connectivity index (χ3v) is 2.44. The van der Waals surface area contributed by atoms with Crippen molar-refractivity contribution in [1.29, 1.82) is 0 Å². The fourth-order valence-corrected chi connectivity index (χ4v) is 1.56. The highest BCUT2D eigenvalue weighted by Crippen LogP contribution is 2.18. The minimum Gasteiger partial charge on any atom is -0.478 e. The van der Waals surface area contributed by atoms with Crippen molar-refractivity contribution in [1.82, 2.24) is 15.4 Å². The van der Waals surface area contributed by atoms with Gasteiger partial charge < -0.3 is 4.74 Å². The first-order valence-corrected chi connectivity index (χ1v) is 5.82. The summed E-state index contributed by atoms with van der Waals surface area (Å²) in [5.41, 5.74) is 3.76. The molecule has 2 aromatic heterocycles. The lowest BCUT2D eigenvalue weighted by molar-refractivity contribution is 0.0949. The predicted molar refractivity (Wildman–Crippen MR) is 70.3 cm³/mol. The topological polar surface area (TPSA) is 90.1 Å². The standard InChI is InChI=1S/C13H14N4O2/c1-2-19-12-7-6-9(8-15-12)10-4-3-5-11(16-10)13(18)17-14/h3-8H,2,14H2,1H3,(H,17,18). The summed E-state index contributed by atoms with van der Waals surface area (Å²) in [6.07, 6.45) is 1.65.